The van der Waals surface area contributed by atoms with Crippen molar-refractivity contribution in [3.8, 4) is 0 Å². The molecule has 0 bridgehead atoms. The van der Waals surface area contributed by atoms with E-state index in [0.29, 0.717) is 18.8 Å². The fourth-order valence-corrected chi connectivity index (χ4v) is 1.89. The van der Waals surface area contributed by atoms with E-state index in [2.05, 4.69) is 12.2 Å². The van der Waals surface area contributed by atoms with E-state index in [0.717, 1.165) is 31.6 Å². The van der Waals surface area contributed by atoms with Crippen molar-refractivity contribution < 1.29 is 13.9 Å². The SMILES string of the molecule is COCCOCCCCNC(C)c1ccc(C)c(F)c1. The molecule has 1 rings (SSSR count). The number of rotatable bonds is 10. The highest BCUT2D eigenvalue weighted by atomic mass is 19.1. The minimum atomic E-state index is -0.136. The lowest BCUT2D eigenvalue weighted by Crippen LogP contribution is -2.20. The van der Waals surface area contributed by atoms with Crippen molar-refractivity contribution in [2.24, 2.45) is 0 Å². The van der Waals surface area contributed by atoms with E-state index in [-0.39, 0.29) is 11.9 Å². The highest BCUT2D eigenvalue weighted by Gasteiger charge is 2.06. The molecular weight excluding hydrogens is 257 g/mol. The third-order valence-corrected chi connectivity index (χ3v) is 3.29. The van der Waals surface area contributed by atoms with Gasteiger partial charge < -0.3 is 14.8 Å². The average molecular weight is 283 g/mol. The Balaban J connectivity index is 2.13. The molecule has 20 heavy (non-hydrogen) atoms. The molecule has 0 spiro atoms. The molecule has 1 N–H and O–H groups in total. The second-order valence-electron chi connectivity index (χ2n) is 5.00. The van der Waals surface area contributed by atoms with Crippen LogP contribution in [0, 0.1) is 12.7 Å². The Kier molecular flexibility index (Phi) is 8.42. The summed E-state index contributed by atoms with van der Waals surface area (Å²) in [6.07, 6.45) is 2.07. The molecule has 0 aliphatic carbocycles. The predicted octanol–water partition coefficient (Wildman–Crippen LogP) is 3.23. The van der Waals surface area contributed by atoms with E-state index in [1.54, 1.807) is 20.1 Å². The molecule has 0 aliphatic heterocycles. The first-order valence-electron chi connectivity index (χ1n) is 7.21. The lowest BCUT2D eigenvalue weighted by Gasteiger charge is -2.15. The molecule has 0 aliphatic rings. The van der Waals surface area contributed by atoms with Crippen molar-refractivity contribution >= 4 is 0 Å². The van der Waals surface area contributed by atoms with Gasteiger partial charge in [-0.1, -0.05) is 12.1 Å². The zero-order chi connectivity index (χ0) is 14.8. The first-order chi connectivity index (χ1) is 9.65. The maximum atomic E-state index is 13.5. The van der Waals surface area contributed by atoms with Gasteiger partial charge in [0, 0.05) is 19.8 Å². The average Bonchev–Trinajstić information content (AvgIpc) is 2.44. The van der Waals surface area contributed by atoms with Gasteiger partial charge >= 0.3 is 0 Å². The molecule has 0 heterocycles. The third-order valence-electron chi connectivity index (χ3n) is 3.29. The summed E-state index contributed by atoms with van der Waals surface area (Å²) in [6.45, 7) is 6.81. The second-order valence-corrected chi connectivity index (χ2v) is 5.00. The zero-order valence-corrected chi connectivity index (χ0v) is 12.7. The van der Waals surface area contributed by atoms with E-state index in [1.807, 2.05) is 12.1 Å². The monoisotopic (exact) mass is 283 g/mol. The minimum Gasteiger partial charge on any atom is -0.382 e. The van der Waals surface area contributed by atoms with Crippen LogP contribution in [-0.4, -0.2) is 33.5 Å². The van der Waals surface area contributed by atoms with Crippen molar-refractivity contribution in [2.75, 3.05) is 33.5 Å². The van der Waals surface area contributed by atoms with Crippen molar-refractivity contribution in [1.29, 1.82) is 0 Å². The Morgan fingerprint density at radius 2 is 2.00 bits per heavy atom. The van der Waals surface area contributed by atoms with Gasteiger partial charge in [0.1, 0.15) is 5.82 Å². The van der Waals surface area contributed by atoms with Gasteiger partial charge in [0.15, 0.2) is 0 Å². The van der Waals surface area contributed by atoms with Crippen LogP contribution in [0.3, 0.4) is 0 Å². The van der Waals surface area contributed by atoms with E-state index in [4.69, 9.17) is 9.47 Å². The summed E-state index contributed by atoms with van der Waals surface area (Å²) < 4.78 is 23.8. The number of hydrogen-bond donors (Lipinski definition) is 1. The molecule has 0 radical (unpaired) electrons. The molecule has 4 heteroatoms. The highest BCUT2D eigenvalue weighted by molar-refractivity contribution is 5.25. The number of aryl methyl sites for hydroxylation is 1. The van der Waals surface area contributed by atoms with Crippen LogP contribution in [0.5, 0.6) is 0 Å². The van der Waals surface area contributed by atoms with Gasteiger partial charge in [-0.3, -0.25) is 0 Å². The fourth-order valence-electron chi connectivity index (χ4n) is 1.89. The quantitative estimate of drug-likeness (QED) is 0.669. The Labute approximate surface area is 121 Å². The Morgan fingerprint density at radius 1 is 1.20 bits per heavy atom. The van der Waals surface area contributed by atoms with Gasteiger partial charge in [-0.25, -0.2) is 4.39 Å². The summed E-state index contributed by atoms with van der Waals surface area (Å²) >= 11 is 0. The summed E-state index contributed by atoms with van der Waals surface area (Å²) in [7, 11) is 1.67. The van der Waals surface area contributed by atoms with Gasteiger partial charge in [0.25, 0.3) is 0 Å². The van der Waals surface area contributed by atoms with Gasteiger partial charge in [0.2, 0.25) is 0 Å². The number of halogens is 1. The molecule has 0 saturated carbocycles. The molecule has 3 nitrogen and oxygen atoms in total. The van der Waals surface area contributed by atoms with Crippen LogP contribution in [-0.2, 0) is 9.47 Å². The van der Waals surface area contributed by atoms with Gasteiger partial charge in [-0.15, -0.1) is 0 Å². The van der Waals surface area contributed by atoms with E-state index < -0.39 is 0 Å². The van der Waals surface area contributed by atoms with Crippen LogP contribution in [0.4, 0.5) is 4.39 Å². The van der Waals surface area contributed by atoms with Crippen molar-refractivity contribution in [1.82, 2.24) is 5.32 Å². The molecular formula is C16H26FNO2. The minimum absolute atomic E-state index is 0.136. The molecule has 0 aromatic heterocycles. The van der Waals surface area contributed by atoms with Crippen LogP contribution in [0.1, 0.15) is 36.9 Å². The lowest BCUT2D eigenvalue weighted by atomic mass is 10.1. The number of hydrogen-bond acceptors (Lipinski definition) is 3. The van der Waals surface area contributed by atoms with Crippen LogP contribution >= 0.6 is 0 Å². The number of ether oxygens (including phenoxy) is 2. The molecule has 1 aromatic carbocycles. The molecule has 0 saturated heterocycles. The summed E-state index contributed by atoms with van der Waals surface area (Å²) in [4.78, 5) is 0. The maximum absolute atomic E-state index is 13.5. The topological polar surface area (TPSA) is 30.5 Å². The van der Waals surface area contributed by atoms with E-state index >= 15 is 0 Å². The van der Waals surface area contributed by atoms with Crippen LogP contribution in [0.15, 0.2) is 18.2 Å². The molecule has 114 valence electrons. The zero-order valence-electron chi connectivity index (χ0n) is 12.7. The van der Waals surface area contributed by atoms with Gasteiger partial charge in [-0.05, 0) is 50.4 Å². The number of unbranched alkanes of at least 4 members (excludes halogenated alkanes) is 1. The first kappa shape index (κ1) is 17.1. The normalized spacial score (nSPS) is 12.6. The molecule has 0 amide bonds. The third kappa shape index (κ3) is 6.46. The van der Waals surface area contributed by atoms with Crippen LogP contribution in [0.2, 0.25) is 0 Å². The predicted molar refractivity (Wildman–Crippen MR) is 79.5 cm³/mol. The summed E-state index contributed by atoms with van der Waals surface area (Å²) in [5.41, 5.74) is 1.68. The van der Waals surface area contributed by atoms with E-state index in [9.17, 15) is 4.39 Å². The largest absolute Gasteiger partial charge is 0.382 e. The molecule has 1 atom stereocenters. The van der Waals surface area contributed by atoms with Crippen molar-refractivity contribution in [3.05, 3.63) is 35.1 Å². The maximum Gasteiger partial charge on any atom is 0.126 e. The second kappa shape index (κ2) is 9.86. The van der Waals surface area contributed by atoms with Crippen LogP contribution in [0.25, 0.3) is 0 Å². The Morgan fingerprint density at radius 3 is 2.70 bits per heavy atom. The molecule has 0 fully saturated rings. The highest BCUT2D eigenvalue weighted by Crippen LogP contribution is 2.16. The summed E-state index contributed by atoms with van der Waals surface area (Å²) in [6, 6.07) is 5.58. The number of nitrogens with one attached hydrogen (secondary N) is 1. The van der Waals surface area contributed by atoms with E-state index in [1.165, 1.54) is 0 Å². The summed E-state index contributed by atoms with van der Waals surface area (Å²) in [5.74, 6) is -0.136. The smallest absolute Gasteiger partial charge is 0.126 e. The van der Waals surface area contributed by atoms with Crippen LogP contribution < -0.4 is 5.32 Å². The van der Waals surface area contributed by atoms with Gasteiger partial charge in [-0.2, -0.15) is 0 Å². The summed E-state index contributed by atoms with van der Waals surface area (Å²) in [5, 5.41) is 3.40. The number of benzene rings is 1. The Bertz CT molecular complexity index is 385. The molecule has 1 aromatic rings. The number of methoxy groups -OCH3 is 1. The standard InChI is InChI=1S/C16H26FNO2/c1-13-6-7-15(12-16(13)17)14(2)18-8-4-5-9-20-11-10-19-3/h6-7,12,14,18H,4-5,8-11H2,1-3H3. The Hall–Kier alpha value is -0.970. The molecule has 1 unspecified atom stereocenters. The van der Waals surface area contributed by atoms with Gasteiger partial charge in [0.05, 0.1) is 13.2 Å². The lowest BCUT2D eigenvalue weighted by molar-refractivity contribution is 0.0687. The fraction of sp³-hybridized carbons (Fsp3) is 0.625. The first-order valence-corrected chi connectivity index (χ1v) is 7.21. The van der Waals surface area contributed by atoms with Crippen molar-refractivity contribution in [3.63, 3.8) is 0 Å². The van der Waals surface area contributed by atoms with Crippen molar-refractivity contribution in [2.45, 2.75) is 32.7 Å².